The van der Waals surface area contributed by atoms with Crippen LogP contribution in [0.15, 0.2) is 16.8 Å². The van der Waals surface area contributed by atoms with E-state index < -0.39 is 0 Å². The maximum Gasteiger partial charge on any atom is 0.272 e. The van der Waals surface area contributed by atoms with Gasteiger partial charge in [-0.2, -0.15) is 10.1 Å². The molecule has 2 rings (SSSR count). The van der Waals surface area contributed by atoms with Gasteiger partial charge in [0.2, 0.25) is 5.89 Å². The smallest absolute Gasteiger partial charge is 0.272 e. The Morgan fingerprint density at radius 2 is 2.27 bits per heavy atom. The standard InChI is InChI=1S/C14H21N5O3/c1-5-18(8-13-16-12(9-21-4)17-22-13)14(20)11-6-7-15-19(11)10(2)3/h6-7,10H,5,8-9H2,1-4H3. The van der Waals surface area contributed by atoms with Gasteiger partial charge >= 0.3 is 0 Å². The molecule has 0 aliphatic rings. The Hall–Kier alpha value is -2.22. The van der Waals surface area contributed by atoms with Gasteiger partial charge in [-0.15, -0.1) is 0 Å². The van der Waals surface area contributed by atoms with E-state index in [2.05, 4.69) is 15.2 Å². The van der Waals surface area contributed by atoms with Crippen LogP contribution in [0.25, 0.3) is 0 Å². The summed E-state index contributed by atoms with van der Waals surface area (Å²) in [6.45, 7) is 6.94. The molecule has 1 amide bonds. The molecule has 8 nitrogen and oxygen atoms in total. The molecule has 0 atom stereocenters. The second-order valence-electron chi connectivity index (χ2n) is 5.11. The highest BCUT2D eigenvalue weighted by atomic mass is 16.5. The highest BCUT2D eigenvalue weighted by Crippen LogP contribution is 2.13. The Morgan fingerprint density at radius 3 is 2.91 bits per heavy atom. The van der Waals surface area contributed by atoms with Gasteiger partial charge in [0, 0.05) is 25.9 Å². The quantitative estimate of drug-likeness (QED) is 0.773. The molecule has 120 valence electrons. The first-order valence-corrected chi connectivity index (χ1v) is 7.20. The summed E-state index contributed by atoms with van der Waals surface area (Å²) in [5.41, 5.74) is 0.550. The summed E-state index contributed by atoms with van der Waals surface area (Å²) in [5.74, 6) is 0.742. The van der Waals surface area contributed by atoms with Crippen LogP contribution in [-0.4, -0.2) is 44.4 Å². The van der Waals surface area contributed by atoms with Gasteiger partial charge in [0.25, 0.3) is 5.91 Å². The molecule has 2 aromatic heterocycles. The number of hydrogen-bond acceptors (Lipinski definition) is 6. The van der Waals surface area contributed by atoms with Crippen molar-refractivity contribution in [1.29, 1.82) is 0 Å². The zero-order chi connectivity index (χ0) is 16.1. The van der Waals surface area contributed by atoms with Crippen molar-refractivity contribution in [1.82, 2.24) is 24.8 Å². The van der Waals surface area contributed by atoms with Gasteiger partial charge in [0.1, 0.15) is 18.8 Å². The normalized spacial score (nSPS) is 11.1. The fourth-order valence-corrected chi connectivity index (χ4v) is 2.09. The minimum atomic E-state index is -0.111. The molecule has 22 heavy (non-hydrogen) atoms. The van der Waals surface area contributed by atoms with Gasteiger partial charge < -0.3 is 14.2 Å². The number of methoxy groups -OCH3 is 1. The lowest BCUT2D eigenvalue weighted by atomic mass is 10.3. The van der Waals surface area contributed by atoms with Crippen molar-refractivity contribution in [3.05, 3.63) is 29.7 Å². The monoisotopic (exact) mass is 307 g/mol. The van der Waals surface area contributed by atoms with Gasteiger partial charge in [0.15, 0.2) is 5.82 Å². The van der Waals surface area contributed by atoms with Gasteiger partial charge in [0.05, 0.1) is 0 Å². The van der Waals surface area contributed by atoms with Crippen LogP contribution < -0.4 is 0 Å². The van der Waals surface area contributed by atoms with Gasteiger partial charge in [-0.3, -0.25) is 9.48 Å². The Morgan fingerprint density at radius 1 is 1.50 bits per heavy atom. The van der Waals surface area contributed by atoms with Crippen LogP contribution in [0.3, 0.4) is 0 Å². The van der Waals surface area contributed by atoms with Crippen molar-refractivity contribution in [2.75, 3.05) is 13.7 Å². The van der Waals surface area contributed by atoms with Crippen molar-refractivity contribution >= 4 is 5.91 Å². The summed E-state index contributed by atoms with van der Waals surface area (Å²) < 4.78 is 11.8. The number of amides is 1. The van der Waals surface area contributed by atoms with Crippen LogP contribution >= 0.6 is 0 Å². The Balaban J connectivity index is 2.13. The number of carbonyl (C=O) groups excluding carboxylic acids is 1. The second kappa shape index (κ2) is 7.17. The van der Waals surface area contributed by atoms with Gasteiger partial charge in [-0.05, 0) is 26.8 Å². The summed E-state index contributed by atoms with van der Waals surface area (Å²) in [6.07, 6.45) is 1.63. The van der Waals surface area contributed by atoms with Crippen LogP contribution in [0.5, 0.6) is 0 Å². The molecule has 8 heteroatoms. The number of ether oxygens (including phenoxy) is 1. The van der Waals surface area contributed by atoms with Crippen LogP contribution in [-0.2, 0) is 17.9 Å². The van der Waals surface area contributed by atoms with E-state index >= 15 is 0 Å². The lowest BCUT2D eigenvalue weighted by molar-refractivity contribution is 0.0719. The SMILES string of the molecule is CCN(Cc1nc(COC)no1)C(=O)c1ccnn1C(C)C. The van der Waals surface area contributed by atoms with E-state index in [1.165, 1.54) is 0 Å². The van der Waals surface area contributed by atoms with E-state index in [1.54, 1.807) is 29.0 Å². The van der Waals surface area contributed by atoms with Crippen LogP contribution in [0.4, 0.5) is 0 Å². The molecule has 0 aromatic carbocycles. The molecule has 0 aliphatic heterocycles. The first kappa shape index (κ1) is 16.2. The van der Waals surface area contributed by atoms with Crippen molar-refractivity contribution < 1.29 is 14.1 Å². The first-order chi connectivity index (χ1) is 10.6. The lowest BCUT2D eigenvalue weighted by Gasteiger charge is -2.20. The molecular weight excluding hydrogens is 286 g/mol. The predicted molar refractivity (Wildman–Crippen MR) is 78.0 cm³/mol. The molecule has 0 fully saturated rings. The first-order valence-electron chi connectivity index (χ1n) is 7.20. The number of hydrogen-bond donors (Lipinski definition) is 0. The number of carbonyl (C=O) groups is 1. The average molecular weight is 307 g/mol. The van der Waals surface area contributed by atoms with Crippen molar-refractivity contribution in [2.24, 2.45) is 0 Å². The number of rotatable bonds is 7. The average Bonchev–Trinajstić information content (AvgIpc) is 3.13. The van der Waals surface area contributed by atoms with Crippen molar-refractivity contribution in [3.63, 3.8) is 0 Å². The van der Waals surface area contributed by atoms with E-state index in [9.17, 15) is 4.79 Å². The zero-order valence-electron chi connectivity index (χ0n) is 13.3. The minimum absolute atomic E-state index is 0.111. The van der Waals surface area contributed by atoms with Gasteiger partial charge in [-0.1, -0.05) is 5.16 Å². The Bertz CT molecular complexity index is 620. The summed E-state index contributed by atoms with van der Waals surface area (Å²) in [4.78, 5) is 18.5. The highest BCUT2D eigenvalue weighted by molar-refractivity contribution is 5.92. The Labute approximate surface area is 129 Å². The van der Waals surface area contributed by atoms with Crippen LogP contribution in [0, 0.1) is 0 Å². The molecule has 2 aromatic rings. The maximum absolute atomic E-state index is 12.6. The molecule has 0 saturated carbocycles. The zero-order valence-corrected chi connectivity index (χ0v) is 13.3. The van der Waals surface area contributed by atoms with E-state index in [0.29, 0.717) is 24.0 Å². The van der Waals surface area contributed by atoms with Crippen LogP contribution in [0.2, 0.25) is 0 Å². The third-order valence-electron chi connectivity index (χ3n) is 3.16. The number of nitrogens with zero attached hydrogens (tertiary/aromatic N) is 5. The molecule has 0 saturated heterocycles. The van der Waals surface area contributed by atoms with E-state index in [1.807, 2.05) is 20.8 Å². The maximum atomic E-state index is 12.6. The number of aromatic nitrogens is 4. The fourth-order valence-electron chi connectivity index (χ4n) is 2.09. The summed E-state index contributed by atoms with van der Waals surface area (Å²) in [5, 5.41) is 7.98. The summed E-state index contributed by atoms with van der Waals surface area (Å²) in [7, 11) is 1.56. The Kier molecular flexibility index (Phi) is 5.26. The fraction of sp³-hybridized carbons (Fsp3) is 0.571. The summed E-state index contributed by atoms with van der Waals surface area (Å²) >= 11 is 0. The molecule has 0 unspecified atom stereocenters. The molecule has 2 heterocycles. The molecule has 0 N–H and O–H groups in total. The van der Waals surface area contributed by atoms with E-state index in [4.69, 9.17) is 9.26 Å². The molecule has 0 bridgehead atoms. The van der Waals surface area contributed by atoms with E-state index in [0.717, 1.165) is 0 Å². The largest absolute Gasteiger partial charge is 0.377 e. The highest BCUT2D eigenvalue weighted by Gasteiger charge is 2.21. The van der Waals surface area contributed by atoms with Gasteiger partial charge in [-0.25, -0.2) is 0 Å². The lowest BCUT2D eigenvalue weighted by Crippen LogP contribution is -2.32. The molecule has 0 radical (unpaired) electrons. The molecular formula is C14H21N5O3. The molecule has 0 spiro atoms. The van der Waals surface area contributed by atoms with Crippen molar-refractivity contribution in [2.45, 2.75) is 40.0 Å². The topological polar surface area (TPSA) is 86.3 Å². The van der Waals surface area contributed by atoms with Crippen molar-refractivity contribution in [3.8, 4) is 0 Å². The van der Waals surface area contributed by atoms with E-state index in [-0.39, 0.29) is 25.1 Å². The third-order valence-corrected chi connectivity index (χ3v) is 3.16. The molecule has 0 aliphatic carbocycles. The minimum Gasteiger partial charge on any atom is -0.377 e. The second-order valence-corrected chi connectivity index (χ2v) is 5.11. The predicted octanol–water partition coefficient (Wildman–Crippen LogP) is 1.66. The third kappa shape index (κ3) is 3.51. The van der Waals surface area contributed by atoms with Crippen LogP contribution in [0.1, 0.15) is 49.0 Å². The summed E-state index contributed by atoms with van der Waals surface area (Å²) in [6, 6.07) is 1.83.